The Morgan fingerprint density at radius 3 is 1.81 bits per heavy atom. The lowest BCUT2D eigenvalue weighted by molar-refractivity contribution is 0.474. The molecule has 2 N–H and O–H groups in total. The van der Waals surface area contributed by atoms with Crippen LogP contribution >= 0.6 is 0 Å². The Hall–Kier alpha value is -3.50. The van der Waals surface area contributed by atoms with Crippen molar-refractivity contribution in [3.05, 3.63) is 70.8 Å². The highest BCUT2D eigenvalue weighted by Crippen LogP contribution is 2.54. The van der Waals surface area contributed by atoms with Crippen molar-refractivity contribution in [1.29, 1.82) is 10.5 Å². The van der Waals surface area contributed by atoms with E-state index in [9.17, 15) is 20.7 Å². The Morgan fingerprint density at radius 2 is 1.37 bits per heavy atom. The molecule has 0 saturated carbocycles. The van der Waals surface area contributed by atoms with Gasteiger partial charge in [0.25, 0.3) is 0 Å². The van der Waals surface area contributed by atoms with Gasteiger partial charge in [0.15, 0.2) is 0 Å². The standard InChI is InChI=1S/C23H18N2O2/c24-11-1-10-23(14-25,21-8-4-15-2-6-17(26)12-19(15)21)22-9-5-16-3-7-18(27)13-20(16)22/h2-3,6-9,12-13,26-27H,1,4-5,10H2. The molecule has 0 unspecified atom stereocenters. The first kappa shape index (κ1) is 16.9. The summed E-state index contributed by atoms with van der Waals surface area (Å²) in [6.45, 7) is 0. The summed E-state index contributed by atoms with van der Waals surface area (Å²) in [5.74, 6) is 0.319. The fourth-order valence-corrected chi connectivity index (χ4v) is 4.27. The fourth-order valence-electron chi connectivity index (χ4n) is 4.27. The number of hydrogen-bond acceptors (Lipinski definition) is 4. The van der Waals surface area contributed by atoms with E-state index in [1.807, 2.05) is 24.3 Å². The number of phenols is 2. The summed E-state index contributed by atoms with van der Waals surface area (Å²) in [5.41, 5.74) is 4.55. The quantitative estimate of drug-likeness (QED) is 0.846. The maximum absolute atomic E-state index is 10.3. The van der Waals surface area contributed by atoms with Gasteiger partial charge >= 0.3 is 0 Å². The lowest BCUT2D eigenvalue weighted by Gasteiger charge is -2.31. The van der Waals surface area contributed by atoms with Crippen LogP contribution in [0, 0.1) is 28.1 Å². The molecule has 0 saturated heterocycles. The number of allylic oxidation sites excluding steroid dienone is 4. The third kappa shape index (κ3) is 2.58. The van der Waals surface area contributed by atoms with Gasteiger partial charge in [-0.1, -0.05) is 24.3 Å². The first-order valence-corrected chi connectivity index (χ1v) is 8.93. The third-order valence-corrected chi connectivity index (χ3v) is 5.54. The highest BCUT2D eigenvalue weighted by molar-refractivity contribution is 5.94. The highest BCUT2D eigenvalue weighted by Gasteiger charge is 2.43. The molecule has 2 aliphatic rings. The van der Waals surface area contributed by atoms with Crippen LogP contribution in [-0.2, 0) is 12.8 Å². The molecule has 27 heavy (non-hydrogen) atoms. The van der Waals surface area contributed by atoms with Gasteiger partial charge in [-0.2, -0.15) is 10.5 Å². The summed E-state index contributed by atoms with van der Waals surface area (Å²) in [4.78, 5) is 0. The molecule has 0 bridgehead atoms. The van der Waals surface area contributed by atoms with Gasteiger partial charge < -0.3 is 10.2 Å². The van der Waals surface area contributed by atoms with Crippen molar-refractivity contribution in [1.82, 2.24) is 0 Å². The average Bonchev–Trinajstić information content (AvgIpc) is 3.28. The Balaban J connectivity index is 1.90. The number of phenolic OH excluding ortho intramolecular Hbond substituents is 2. The zero-order chi connectivity index (χ0) is 19.0. The van der Waals surface area contributed by atoms with Gasteiger partial charge in [-0.3, -0.25) is 0 Å². The minimum atomic E-state index is -0.992. The van der Waals surface area contributed by atoms with E-state index in [1.54, 1.807) is 24.3 Å². The maximum atomic E-state index is 10.3. The van der Waals surface area contributed by atoms with Crippen LogP contribution in [0.1, 0.15) is 35.1 Å². The van der Waals surface area contributed by atoms with Crippen molar-refractivity contribution >= 4 is 11.1 Å². The minimum Gasteiger partial charge on any atom is -0.508 e. The zero-order valence-electron chi connectivity index (χ0n) is 14.7. The van der Waals surface area contributed by atoms with Crippen LogP contribution < -0.4 is 0 Å². The van der Waals surface area contributed by atoms with Gasteiger partial charge in [0.05, 0.1) is 12.1 Å². The van der Waals surface area contributed by atoms with Crippen LogP contribution in [0.4, 0.5) is 0 Å². The Bertz CT molecular complexity index is 1010. The van der Waals surface area contributed by atoms with E-state index in [0.717, 1.165) is 33.4 Å². The van der Waals surface area contributed by atoms with E-state index in [4.69, 9.17) is 0 Å². The molecule has 0 amide bonds. The molecule has 132 valence electrons. The SMILES string of the molecule is N#CCCC(C#N)(C1=CCc2ccc(O)cc21)C1=CCc2ccc(O)cc21. The summed E-state index contributed by atoms with van der Waals surface area (Å²) >= 11 is 0. The number of hydrogen-bond donors (Lipinski definition) is 2. The summed E-state index contributed by atoms with van der Waals surface area (Å²) in [7, 11) is 0. The molecular formula is C23H18N2O2. The fraction of sp³-hybridized carbons (Fsp3) is 0.217. The summed E-state index contributed by atoms with van der Waals surface area (Å²) in [6, 6.07) is 15.1. The van der Waals surface area contributed by atoms with Crippen LogP contribution in [0.2, 0.25) is 0 Å². The molecule has 0 fully saturated rings. The molecule has 0 aliphatic heterocycles. The average molecular weight is 354 g/mol. The first-order valence-electron chi connectivity index (χ1n) is 8.93. The van der Waals surface area contributed by atoms with Crippen molar-refractivity contribution in [2.24, 2.45) is 5.41 Å². The molecule has 4 heteroatoms. The van der Waals surface area contributed by atoms with Crippen LogP contribution in [0.15, 0.2) is 48.6 Å². The number of aromatic hydroxyl groups is 2. The first-order chi connectivity index (χ1) is 13.1. The maximum Gasteiger partial charge on any atom is 0.116 e. The van der Waals surface area contributed by atoms with Gasteiger partial charge in [0.2, 0.25) is 0 Å². The molecule has 2 aromatic carbocycles. The number of fused-ring (bicyclic) bond motifs is 2. The molecule has 2 aliphatic carbocycles. The van der Waals surface area contributed by atoms with Gasteiger partial charge in [-0.25, -0.2) is 0 Å². The van der Waals surface area contributed by atoms with E-state index >= 15 is 0 Å². The smallest absolute Gasteiger partial charge is 0.116 e. The molecular weight excluding hydrogens is 336 g/mol. The van der Waals surface area contributed by atoms with E-state index < -0.39 is 5.41 Å². The number of rotatable bonds is 4. The summed E-state index contributed by atoms with van der Waals surface area (Å²) in [6.07, 6.45) is 6.06. The second kappa shape index (κ2) is 6.34. The molecule has 2 aromatic rings. The number of benzene rings is 2. The number of nitrogens with zero attached hydrogens (tertiary/aromatic N) is 2. The predicted molar refractivity (Wildman–Crippen MR) is 102 cm³/mol. The lowest BCUT2D eigenvalue weighted by atomic mass is 9.68. The van der Waals surface area contributed by atoms with Gasteiger partial charge in [-0.15, -0.1) is 0 Å². The molecule has 4 nitrogen and oxygen atoms in total. The van der Waals surface area contributed by atoms with Gasteiger partial charge in [-0.05, 0) is 76.9 Å². The molecule has 0 spiro atoms. The topological polar surface area (TPSA) is 88.0 Å². The Kier molecular flexibility index (Phi) is 3.98. The van der Waals surface area contributed by atoms with Crippen molar-refractivity contribution < 1.29 is 10.2 Å². The van der Waals surface area contributed by atoms with Crippen molar-refractivity contribution in [3.63, 3.8) is 0 Å². The van der Waals surface area contributed by atoms with Crippen LogP contribution in [0.25, 0.3) is 11.1 Å². The minimum absolute atomic E-state index is 0.159. The second-order valence-corrected chi connectivity index (χ2v) is 7.00. The zero-order valence-corrected chi connectivity index (χ0v) is 14.7. The summed E-state index contributed by atoms with van der Waals surface area (Å²) in [5, 5.41) is 39.5. The van der Waals surface area contributed by atoms with E-state index in [-0.39, 0.29) is 17.9 Å². The molecule has 0 radical (unpaired) electrons. The van der Waals surface area contributed by atoms with Crippen LogP contribution in [-0.4, -0.2) is 10.2 Å². The molecule has 0 atom stereocenters. The second-order valence-electron chi connectivity index (χ2n) is 7.00. The van der Waals surface area contributed by atoms with Gasteiger partial charge in [0, 0.05) is 6.42 Å². The van der Waals surface area contributed by atoms with E-state index in [0.29, 0.717) is 19.3 Å². The van der Waals surface area contributed by atoms with E-state index in [2.05, 4.69) is 12.1 Å². The monoisotopic (exact) mass is 354 g/mol. The highest BCUT2D eigenvalue weighted by atomic mass is 16.3. The van der Waals surface area contributed by atoms with Gasteiger partial charge in [0.1, 0.15) is 16.9 Å². The molecule has 0 heterocycles. The van der Waals surface area contributed by atoms with E-state index in [1.165, 1.54) is 0 Å². The Labute approximate surface area is 157 Å². The molecule has 0 aromatic heterocycles. The van der Waals surface area contributed by atoms with Crippen molar-refractivity contribution in [3.8, 4) is 23.6 Å². The summed E-state index contributed by atoms with van der Waals surface area (Å²) < 4.78 is 0. The predicted octanol–water partition coefficient (Wildman–Crippen LogP) is 4.49. The van der Waals surface area contributed by atoms with Crippen LogP contribution in [0.3, 0.4) is 0 Å². The number of nitriles is 2. The van der Waals surface area contributed by atoms with Crippen molar-refractivity contribution in [2.75, 3.05) is 0 Å². The lowest BCUT2D eigenvalue weighted by Crippen LogP contribution is -2.22. The normalized spacial score (nSPS) is 14.6. The van der Waals surface area contributed by atoms with Crippen molar-refractivity contribution in [2.45, 2.75) is 25.7 Å². The Morgan fingerprint density at radius 1 is 0.852 bits per heavy atom. The van der Waals surface area contributed by atoms with Crippen LogP contribution in [0.5, 0.6) is 11.5 Å². The third-order valence-electron chi connectivity index (χ3n) is 5.54. The largest absolute Gasteiger partial charge is 0.508 e. The molecule has 4 rings (SSSR count).